The van der Waals surface area contributed by atoms with Gasteiger partial charge in [-0.05, 0) is 54.3 Å². The molecule has 0 aliphatic rings. The molecule has 0 bridgehead atoms. The predicted molar refractivity (Wildman–Crippen MR) is 121 cm³/mol. The van der Waals surface area contributed by atoms with Crippen LogP contribution in [0.25, 0.3) is 27.6 Å². The van der Waals surface area contributed by atoms with Crippen molar-refractivity contribution in [1.29, 1.82) is 0 Å². The Kier molecular flexibility index (Phi) is 5.41. The topological polar surface area (TPSA) is 83.2 Å². The second-order valence-electron chi connectivity index (χ2n) is 7.42. The molecule has 2 aromatic heterocycles. The molecule has 31 heavy (non-hydrogen) atoms. The normalized spacial score (nSPS) is 11.7. The van der Waals surface area contributed by atoms with Crippen LogP contribution in [0, 0.1) is 0 Å². The molecule has 7 nitrogen and oxygen atoms in total. The van der Waals surface area contributed by atoms with Crippen LogP contribution in [-0.2, 0) is 16.9 Å². The number of sulfone groups is 1. The summed E-state index contributed by atoms with van der Waals surface area (Å²) in [6.45, 7) is 2.50. The van der Waals surface area contributed by atoms with Gasteiger partial charge in [0.2, 0.25) is 0 Å². The van der Waals surface area contributed by atoms with E-state index in [4.69, 9.17) is 4.74 Å². The van der Waals surface area contributed by atoms with Crippen molar-refractivity contribution in [2.24, 2.45) is 7.05 Å². The van der Waals surface area contributed by atoms with Gasteiger partial charge in [-0.3, -0.25) is 4.79 Å². The van der Waals surface area contributed by atoms with Gasteiger partial charge in [0, 0.05) is 48.4 Å². The number of aryl methyl sites for hydroxylation is 1. The second-order valence-corrected chi connectivity index (χ2v) is 9.43. The van der Waals surface area contributed by atoms with Gasteiger partial charge in [-0.15, -0.1) is 0 Å². The zero-order valence-electron chi connectivity index (χ0n) is 17.6. The summed E-state index contributed by atoms with van der Waals surface area (Å²) >= 11 is 0. The molecule has 2 heterocycles. The highest BCUT2D eigenvalue weighted by Gasteiger charge is 2.18. The Hall–Kier alpha value is -3.39. The Labute approximate surface area is 180 Å². The van der Waals surface area contributed by atoms with E-state index in [1.165, 1.54) is 10.8 Å². The van der Waals surface area contributed by atoms with Crippen LogP contribution < -0.4 is 10.3 Å². The Morgan fingerprint density at radius 1 is 1.06 bits per heavy atom. The minimum Gasteiger partial charge on any atom is -0.493 e. The maximum absolute atomic E-state index is 12.8. The van der Waals surface area contributed by atoms with Crippen LogP contribution in [0.4, 0.5) is 0 Å². The quantitative estimate of drug-likeness (QED) is 0.460. The molecule has 8 heteroatoms. The van der Waals surface area contributed by atoms with E-state index in [1.54, 1.807) is 48.4 Å². The molecule has 0 atom stereocenters. The Morgan fingerprint density at radius 2 is 1.87 bits per heavy atom. The van der Waals surface area contributed by atoms with Gasteiger partial charge in [-0.1, -0.05) is 6.92 Å². The van der Waals surface area contributed by atoms with Crippen molar-refractivity contribution in [1.82, 2.24) is 14.3 Å². The number of fused-ring (bicyclic) bond motifs is 1. The van der Waals surface area contributed by atoms with Gasteiger partial charge in [-0.25, -0.2) is 13.1 Å². The van der Waals surface area contributed by atoms with E-state index >= 15 is 0 Å². The number of pyridine rings is 1. The van der Waals surface area contributed by atoms with Gasteiger partial charge in [0.15, 0.2) is 9.84 Å². The molecule has 2 aromatic carbocycles. The van der Waals surface area contributed by atoms with Crippen LogP contribution >= 0.6 is 0 Å². The number of hydrogen-bond donors (Lipinski definition) is 0. The van der Waals surface area contributed by atoms with Crippen LogP contribution in [0.1, 0.15) is 13.3 Å². The number of benzene rings is 2. The van der Waals surface area contributed by atoms with Crippen molar-refractivity contribution >= 4 is 20.6 Å². The van der Waals surface area contributed by atoms with Gasteiger partial charge in [0.05, 0.1) is 17.2 Å². The lowest BCUT2D eigenvalue weighted by molar-refractivity contribution is 0.318. The third-order valence-corrected chi connectivity index (χ3v) is 6.18. The maximum Gasteiger partial charge on any atom is 0.258 e. The lowest BCUT2D eigenvalue weighted by atomic mass is 9.99. The smallest absolute Gasteiger partial charge is 0.258 e. The highest BCUT2D eigenvalue weighted by atomic mass is 32.2. The minimum atomic E-state index is -3.42. The molecule has 0 fully saturated rings. The van der Waals surface area contributed by atoms with Gasteiger partial charge in [0.25, 0.3) is 5.56 Å². The number of nitrogens with zero attached hydrogens (tertiary/aromatic N) is 3. The Bertz CT molecular complexity index is 1420. The first kappa shape index (κ1) is 20.9. The monoisotopic (exact) mass is 437 g/mol. The summed E-state index contributed by atoms with van der Waals surface area (Å²) in [4.78, 5) is 13.0. The first-order chi connectivity index (χ1) is 14.8. The maximum atomic E-state index is 12.8. The molecular weight excluding hydrogens is 414 g/mol. The molecular formula is C23H23N3O4S. The van der Waals surface area contributed by atoms with E-state index in [0.717, 1.165) is 12.1 Å². The van der Waals surface area contributed by atoms with E-state index in [2.05, 4.69) is 5.10 Å². The summed E-state index contributed by atoms with van der Waals surface area (Å²) in [5, 5.41) is 5.50. The molecule has 0 spiro atoms. The molecule has 0 aliphatic carbocycles. The summed E-state index contributed by atoms with van der Waals surface area (Å²) in [5.41, 5.74) is 1.99. The number of hydrogen-bond acceptors (Lipinski definition) is 5. The van der Waals surface area contributed by atoms with Crippen molar-refractivity contribution in [2.75, 3.05) is 12.9 Å². The van der Waals surface area contributed by atoms with Gasteiger partial charge < -0.3 is 9.30 Å². The number of aromatic nitrogens is 3. The highest BCUT2D eigenvalue weighted by Crippen LogP contribution is 2.36. The van der Waals surface area contributed by atoms with E-state index < -0.39 is 9.84 Å². The fourth-order valence-electron chi connectivity index (χ4n) is 3.52. The first-order valence-corrected chi connectivity index (χ1v) is 11.8. The van der Waals surface area contributed by atoms with E-state index in [1.807, 2.05) is 31.3 Å². The van der Waals surface area contributed by atoms with E-state index in [9.17, 15) is 13.2 Å². The lowest BCUT2D eigenvalue weighted by Crippen LogP contribution is -2.17. The average Bonchev–Trinajstić information content (AvgIpc) is 3.29. The zero-order chi connectivity index (χ0) is 22.2. The molecule has 0 aliphatic heterocycles. The Morgan fingerprint density at radius 3 is 2.55 bits per heavy atom. The summed E-state index contributed by atoms with van der Waals surface area (Å²) in [6.07, 6.45) is 7.21. The molecule has 0 amide bonds. The summed E-state index contributed by atoms with van der Waals surface area (Å²) in [5.74, 6) is 0.568. The molecule has 0 saturated heterocycles. The molecule has 160 valence electrons. The third kappa shape index (κ3) is 3.98. The van der Waals surface area contributed by atoms with Crippen molar-refractivity contribution in [2.45, 2.75) is 18.2 Å². The van der Waals surface area contributed by atoms with Crippen LogP contribution in [0.3, 0.4) is 0 Å². The predicted octanol–water partition coefficient (Wildman–Crippen LogP) is 3.58. The fraction of sp³-hybridized carbons (Fsp3) is 0.217. The number of rotatable bonds is 6. The molecule has 4 aromatic rings. The van der Waals surface area contributed by atoms with Crippen LogP contribution in [-0.4, -0.2) is 35.6 Å². The van der Waals surface area contributed by atoms with Gasteiger partial charge in [0.1, 0.15) is 5.75 Å². The average molecular weight is 438 g/mol. The van der Waals surface area contributed by atoms with Gasteiger partial charge >= 0.3 is 0 Å². The van der Waals surface area contributed by atoms with Gasteiger partial charge in [-0.2, -0.15) is 5.10 Å². The molecule has 0 N–H and O–H groups in total. The van der Waals surface area contributed by atoms with Crippen molar-refractivity contribution in [3.05, 3.63) is 71.4 Å². The standard InChI is InChI=1S/C23H23N3O4S/c1-4-12-30-22-9-7-17(31(3,28)29)14-20(22)21-15-25(2)23(27)18-8-6-16(13-19(18)21)26-11-5-10-24-26/h5-11,13-15H,4,12H2,1-3H3. The summed E-state index contributed by atoms with van der Waals surface area (Å²) in [6, 6.07) is 12.1. The summed E-state index contributed by atoms with van der Waals surface area (Å²) in [7, 11) is -1.74. The third-order valence-electron chi connectivity index (χ3n) is 5.07. The van der Waals surface area contributed by atoms with Crippen LogP contribution in [0.5, 0.6) is 5.75 Å². The fourth-order valence-corrected chi connectivity index (χ4v) is 4.17. The zero-order valence-corrected chi connectivity index (χ0v) is 18.4. The first-order valence-electron chi connectivity index (χ1n) is 9.90. The van der Waals surface area contributed by atoms with Crippen molar-refractivity contribution in [3.8, 4) is 22.6 Å². The lowest BCUT2D eigenvalue weighted by Gasteiger charge is -2.16. The molecule has 4 rings (SSSR count). The molecule has 0 unspecified atom stereocenters. The van der Waals surface area contributed by atoms with Crippen molar-refractivity contribution in [3.63, 3.8) is 0 Å². The van der Waals surface area contributed by atoms with Crippen LogP contribution in [0.2, 0.25) is 0 Å². The minimum absolute atomic E-state index is 0.138. The molecule has 0 radical (unpaired) electrons. The largest absolute Gasteiger partial charge is 0.493 e. The highest BCUT2D eigenvalue weighted by molar-refractivity contribution is 7.90. The van der Waals surface area contributed by atoms with Crippen LogP contribution in [0.15, 0.2) is 70.7 Å². The Balaban J connectivity index is 2.05. The second kappa shape index (κ2) is 8.03. The van der Waals surface area contributed by atoms with Crippen molar-refractivity contribution < 1.29 is 13.2 Å². The van der Waals surface area contributed by atoms with E-state index in [-0.39, 0.29) is 10.5 Å². The van der Waals surface area contributed by atoms with E-state index in [0.29, 0.717) is 34.3 Å². The molecule has 0 saturated carbocycles. The SMILES string of the molecule is CCCOc1ccc(S(C)(=O)=O)cc1-c1cn(C)c(=O)c2ccc(-n3cccn3)cc12. The number of ether oxygens (including phenoxy) is 1. The summed E-state index contributed by atoms with van der Waals surface area (Å²) < 4.78 is 33.6.